The molecule has 0 saturated heterocycles. The molecule has 0 aliphatic rings. The number of para-hydroxylation sites is 2. The van der Waals surface area contributed by atoms with Crippen LogP contribution in [0.3, 0.4) is 0 Å². The number of hydrogen-bond donors (Lipinski definition) is 1. The molecule has 0 fully saturated rings. The quantitative estimate of drug-likeness (QED) is 0.448. The molecule has 10 heteroatoms. The van der Waals surface area contributed by atoms with Crippen LogP contribution >= 0.6 is 23.6 Å². The van der Waals surface area contributed by atoms with Crippen molar-refractivity contribution < 1.29 is 23.7 Å². The number of benzene rings is 2. The van der Waals surface area contributed by atoms with Gasteiger partial charge in [0.25, 0.3) is 5.56 Å². The molecule has 0 aliphatic carbocycles. The number of nitrogens with zero attached hydrogens (tertiary/aromatic N) is 1. The van der Waals surface area contributed by atoms with E-state index in [0.29, 0.717) is 43.1 Å². The lowest BCUT2D eigenvalue weighted by Gasteiger charge is -2.14. The number of rotatable bonds is 9. The van der Waals surface area contributed by atoms with Gasteiger partial charge in [0.1, 0.15) is 5.75 Å². The van der Waals surface area contributed by atoms with Crippen LogP contribution in [-0.2, 0) is 11.3 Å². The minimum absolute atomic E-state index is 0.0812. The van der Waals surface area contributed by atoms with E-state index >= 15 is 0 Å². The predicted molar refractivity (Wildman–Crippen MR) is 131 cm³/mol. The Morgan fingerprint density at radius 1 is 0.970 bits per heavy atom. The fraction of sp³-hybridized carbons (Fsp3) is 0.261. The van der Waals surface area contributed by atoms with E-state index in [4.69, 9.17) is 31.2 Å². The predicted octanol–water partition coefficient (Wildman–Crippen LogP) is 4.37. The van der Waals surface area contributed by atoms with Crippen LogP contribution in [0.4, 0.5) is 5.69 Å². The van der Waals surface area contributed by atoms with Gasteiger partial charge < -0.3 is 24.3 Å². The standard InChI is InChI=1S/C23H24N2O6S2/c1-28-16-8-6-5-7-15(16)24-20(26)9-10-25-21(27)13-19(33-23(25)32)14-11-17(29-2)22(31-4)18(12-14)30-3/h5-8,11-13H,9-10H2,1-4H3,(H,24,26). The molecule has 0 bridgehead atoms. The number of nitrogens with one attached hydrogen (secondary N) is 1. The van der Waals surface area contributed by atoms with Crippen molar-refractivity contribution in [2.24, 2.45) is 0 Å². The number of carbonyl (C=O) groups is 1. The Kier molecular flexibility index (Phi) is 8.07. The molecule has 1 amide bonds. The van der Waals surface area contributed by atoms with Gasteiger partial charge in [-0.15, -0.1) is 11.3 Å². The molecule has 1 heterocycles. The number of aromatic nitrogens is 1. The third-order valence-corrected chi connectivity index (χ3v) is 6.27. The second-order valence-corrected chi connectivity index (χ2v) is 8.45. The molecule has 8 nitrogen and oxygen atoms in total. The second-order valence-electron chi connectivity index (χ2n) is 6.78. The first kappa shape index (κ1) is 24.3. The van der Waals surface area contributed by atoms with Gasteiger partial charge >= 0.3 is 0 Å². The van der Waals surface area contributed by atoms with Crippen molar-refractivity contribution in [3.05, 3.63) is 56.8 Å². The van der Waals surface area contributed by atoms with Gasteiger partial charge in [0.05, 0.1) is 34.1 Å². The highest BCUT2D eigenvalue weighted by molar-refractivity contribution is 7.73. The fourth-order valence-corrected chi connectivity index (χ4v) is 4.53. The minimum atomic E-state index is -0.299. The maximum Gasteiger partial charge on any atom is 0.253 e. The van der Waals surface area contributed by atoms with Crippen molar-refractivity contribution in [2.75, 3.05) is 33.8 Å². The highest BCUT2D eigenvalue weighted by Gasteiger charge is 2.16. The van der Waals surface area contributed by atoms with E-state index in [1.54, 1.807) is 30.3 Å². The smallest absolute Gasteiger partial charge is 0.253 e. The summed E-state index contributed by atoms with van der Waals surface area (Å²) in [5.41, 5.74) is 0.975. The Bertz CT molecular complexity index is 1210. The molecule has 0 radical (unpaired) electrons. The van der Waals surface area contributed by atoms with Crippen molar-refractivity contribution in [3.63, 3.8) is 0 Å². The van der Waals surface area contributed by atoms with Crippen LogP contribution in [-0.4, -0.2) is 38.9 Å². The van der Waals surface area contributed by atoms with Crippen LogP contribution in [0.2, 0.25) is 0 Å². The molecule has 0 spiro atoms. The summed E-state index contributed by atoms with van der Waals surface area (Å²) >= 11 is 6.72. The molecule has 0 saturated carbocycles. The highest BCUT2D eigenvalue weighted by Crippen LogP contribution is 2.41. The Balaban J connectivity index is 1.82. The Hall–Kier alpha value is -3.37. The van der Waals surface area contributed by atoms with E-state index < -0.39 is 0 Å². The summed E-state index contributed by atoms with van der Waals surface area (Å²) in [7, 11) is 6.11. The molecule has 0 atom stereocenters. The topological polar surface area (TPSA) is 88.0 Å². The van der Waals surface area contributed by atoms with Gasteiger partial charge in [0, 0.05) is 23.9 Å². The molecular weight excluding hydrogens is 464 g/mol. The molecule has 1 N–H and O–H groups in total. The maximum absolute atomic E-state index is 12.8. The summed E-state index contributed by atoms with van der Waals surface area (Å²) in [6.45, 7) is 0.157. The van der Waals surface area contributed by atoms with Gasteiger partial charge in [-0.25, -0.2) is 0 Å². The lowest BCUT2D eigenvalue weighted by Crippen LogP contribution is -2.23. The molecule has 3 rings (SSSR count). The minimum Gasteiger partial charge on any atom is -0.495 e. The van der Waals surface area contributed by atoms with E-state index in [1.165, 1.54) is 50.4 Å². The van der Waals surface area contributed by atoms with Crippen LogP contribution in [0, 0.1) is 3.95 Å². The molecule has 33 heavy (non-hydrogen) atoms. The number of anilines is 1. The van der Waals surface area contributed by atoms with Gasteiger partial charge in [0.2, 0.25) is 11.7 Å². The average Bonchev–Trinajstić information content (AvgIpc) is 2.82. The number of carbonyl (C=O) groups excluding carboxylic acids is 1. The molecular formula is C23H24N2O6S2. The largest absolute Gasteiger partial charge is 0.495 e. The summed E-state index contributed by atoms with van der Waals surface area (Å²) in [5, 5.41) is 2.79. The van der Waals surface area contributed by atoms with Crippen molar-refractivity contribution >= 4 is 35.1 Å². The summed E-state index contributed by atoms with van der Waals surface area (Å²) in [4.78, 5) is 25.9. The third-order valence-electron chi connectivity index (χ3n) is 4.83. The number of methoxy groups -OCH3 is 4. The Morgan fingerprint density at radius 3 is 2.18 bits per heavy atom. The SMILES string of the molecule is COc1ccccc1NC(=O)CCn1c(=O)cc(-c2cc(OC)c(OC)c(OC)c2)sc1=S. The van der Waals surface area contributed by atoms with Crippen molar-refractivity contribution in [2.45, 2.75) is 13.0 Å². The zero-order valence-corrected chi connectivity index (χ0v) is 20.3. The number of hydrogen-bond acceptors (Lipinski definition) is 8. The zero-order chi connectivity index (χ0) is 24.0. The lowest BCUT2D eigenvalue weighted by molar-refractivity contribution is -0.116. The molecule has 0 aliphatic heterocycles. The zero-order valence-electron chi connectivity index (χ0n) is 18.7. The lowest BCUT2D eigenvalue weighted by atomic mass is 10.1. The molecule has 1 aromatic heterocycles. The van der Waals surface area contributed by atoms with Crippen molar-refractivity contribution in [1.82, 2.24) is 4.57 Å². The maximum atomic E-state index is 12.8. The number of amides is 1. The molecule has 3 aromatic rings. The van der Waals surface area contributed by atoms with Crippen LogP contribution in [0.5, 0.6) is 23.0 Å². The van der Waals surface area contributed by atoms with Crippen molar-refractivity contribution in [1.29, 1.82) is 0 Å². The summed E-state index contributed by atoms with van der Waals surface area (Å²) < 4.78 is 23.1. The second kappa shape index (κ2) is 11.0. The number of ether oxygens (including phenoxy) is 4. The first-order chi connectivity index (χ1) is 15.9. The van der Waals surface area contributed by atoms with Crippen molar-refractivity contribution in [3.8, 4) is 33.4 Å². The third kappa shape index (κ3) is 5.52. The fourth-order valence-electron chi connectivity index (χ4n) is 3.20. The monoisotopic (exact) mass is 488 g/mol. The Labute approximate surface area is 200 Å². The van der Waals surface area contributed by atoms with Crippen LogP contribution < -0.4 is 29.8 Å². The van der Waals surface area contributed by atoms with Crippen LogP contribution in [0.15, 0.2) is 47.3 Å². The average molecular weight is 489 g/mol. The molecule has 174 valence electrons. The van der Waals surface area contributed by atoms with E-state index in [2.05, 4.69) is 5.32 Å². The summed E-state index contributed by atoms with van der Waals surface area (Å²) in [5.74, 6) is 1.72. The molecule has 0 unspecified atom stereocenters. The highest BCUT2D eigenvalue weighted by atomic mass is 32.1. The van der Waals surface area contributed by atoms with Crippen LogP contribution in [0.1, 0.15) is 6.42 Å². The first-order valence-electron chi connectivity index (χ1n) is 9.90. The van der Waals surface area contributed by atoms with Gasteiger partial charge in [-0.2, -0.15) is 0 Å². The summed E-state index contributed by atoms with van der Waals surface area (Å²) in [6, 6.07) is 12.1. The van der Waals surface area contributed by atoms with Gasteiger partial charge in [-0.1, -0.05) is 12.1 Å². The van der Waals surface area contributed by atoms with Gasteiger partial charge in [0.15, 0.2) is 15.5 Å². The van der Waals surface area contributed by atoms with E-state index in [1.807, 2.05) is 6.07 Å². The van der Waals surface area contributed by atoms with E-state index in [-0.39, 0.29) is 24.4 Å². The molecule has 2 aromatic carbocycles. The van der Waals surface area contributed by atoms with E-state index in [0.717, 1.165) is 0 Å². The Morgan fingerprint density at radius 2 is 1.61 bits per heavy atom. The normalized spacial score (nSPS) is 10.4. The van der Waals surface area contributed by atoms with Crippen LogP contribution in [0.25, 0.3) is 10.4 Å². The van der Waals surface area contributed by atoms with Gasteiger partial charge in [-0.3, -0.25) is 14.2 Å². The summed E-state index contributed by atoms with van der Waals surface area (Å²) in [6.07, 6.45) is 0.0812. The van der Waals surface area contributed by atoms with E-state index in [9.17, 15) is 9.59 Å². The first-order valence-corrected chi connectivity index (χ1v) is 11.1. The van der Waals surface area contributed by atoms with Gasteiger partial charge in [-0.05, 0) is 42.0 Å².